The average Bonchev–Trinajstić information content (AvgIpc) is 2.36. The Morgan fingerprint density at radius 1 is 1.06 bits per heavy atom. The van der Waals surface area contributed by atoms with Gasteiger partial charge in [0.25, 0.3) is 0 Å². The molecule has 2 aromatic carbocycles. The summed E-state index contributed by atoms with van der Waals surface area (Å²) in [4.78, 5) is 11.9. The predicted molar refractivity (Wildman–Crippen MR) is 71.2 cm³/mol. The zero-order valence-electron chi connectivity index (χ0n) is 10.1. The zero-order chi connectivity index (χ0) is 12.6. The van der Waals surface area contributed by atoms with Crippen LogP contribution in [0.3, 0.4) is 0 Å². The maximum atomic E-state index is 11.9. The Labute approximate surface area is 106 Å². The van der Waals surface area contributed by atoms with Gasteiger partial charge in [0.1, 0.15) is 0 Å². The lowest BCUT2D eigenvalue weighted by molar-refractivity contribution is -0.124. The van der Waals surface area contributed by atoms with Crippen LogP contribution in [0, 0.1) is 0 Å². The van der Waals surface area contributed by atoms with Gasteiger partial charge in [0.15, 0.2) is 0 Å². The highest BCUT2D eigenvalue weighted by Gasteiger charge is 2.47. The Morgan fingerprint density at radius 2 is 1.72 bits per heavy atom. The van der Waals surface area contributed by atoms with Gasteiger partial charge in [-0.2, -0.15) is 0 Å². The fourth-order valence-corrected chi connectivity index (χ4v) is 2.86. The molecule has 1 aliphatic carbocycles. The molecular weight excluding hydrogens is 222 g/mol. The topological polar surface area (TPSA) is 43.1 Å². The number of primary amides is 1. The summed E-state index contributed by atoms with van der Waals surface area (Å²) in [5.74, 6) is -0.218. The maximum absolute atomic E-state index is 11.9. The first kappa shape index (κ1) is 11.0. The van der Waals surface area contributed by atoms with E-state index < -0.39 is 5.41 Å². The standard InChI is InChI=1S/C16H15NO/c17-15(18)16(10-12-6-2-1-3-7-12)11-13-8-4-5-9-14(13)16/h1-9H,10-11H2,(H2,17,18)/t16-/m0/s1. The van der Waals surface area contributed by atoms with Gasteiger partial charge in [0.2, 0.25) is 5.91 Å². The predicted octanol–water partition coefficient (Wildman–Crippen LogP) is 2.21. The van der Waals surface area contributed by atoms with Gasteiger partial charge in [-0.05, 0) is 29.5 Å². The minimum absolute atomic E-state index is 0.218. The molecule has 2 nitrogen and oxygen atoms in total. The molecule has 90 valence electrons. The summed E-state index contributed by atoms with van der Waals surface area (Å²) < 4.78 is 0. The number of hydrogen-bond acceptors (Lipinski definition) is 1. The van der Waals surface area contributed by atoms with Crippen LogP contribution in [0.4, 0.5) is 0 Å². The Morgan fingerprint density at radius 3 is 2.39 bits per heavy atom. The summed E-state index contributed by atoms with van der Waals surface area (Å²) >= 11 is 0. The Balaban J connectivity index is 1.99. The van der Waals surface area contributed by atoms with Crippen LogP contribution in [0.1, 0.15) is 16.7 Å². The maximum Gasteiger partial charge on any atom is 0.228 e. The molecule has 18 heavy (non-hydrogen) atoms. The van der Waals surface area contributed by atoms with E-state index in [9.17, 15) is 4.79 Å². The van der Waals surface area contributed by atoms with Crippen molar-refractivity contribution in [2.45, 2.75) is 18.3 Å². The van der Waals surface area contributed by atoms with Gasteiger partial charge >= 0.3 is 0 Å². The lowest BCUT2D eigenvalue weighted by Gasteiger charge is -2.41. The van der Waals surface area contributed by atoms with E-state index in [1.54, 1.807) is 0 Å². The van der Waals surface area contributed by atoms with Crippen LogP contribution in [0.25, 0.3) is 0 Å². The number of carbonyl (C=O) groups is 1. The Hall–Kier alpha value is -2.09. The second-order valence-corrected chi connectivity index (χ2v) is 4.94. The van der Waals surface area contributed by atoms with Gasteiger partial charge < -0.3 is 5.73 Å². The van der Waals surface area contributed by atoms with E-state index in [0.717, 1.165) is 17.5 Å². The molecule has 1 amide bonds. The highest BCUT2D eigenvalue weighted by molar-refractivity contribution is 5.90. The molecule has 0 saturated heterocycles. The molecule has 0 aromatic heterocycles. The van der Waals surface area contributed by atoms with Crippen LogP contribution in [-0.2, 0) is 23.1 Å². The first-order valence-corrected chi connectivity index (χ1v) is 6.15. The molecule has 0 spiro atoms. The van der Waals surface area contributed by atoms with Crippen molar-refractivity contribution in [2.24, 2.45) is 5.73 Å². The average molecular weight is 237 g/mol. The van der Waals surface area contributed by atoms with Gasteiger partial charge in [-0.15, -0.1) is 0 Å². The molecule has 0 unspecified atom stereocenters. The Bertz CT molecular complexity index is 591. The van der Waals surface area contributed by atoms with Crippen LogP contribution in [0.15, 0.2) is 54.6 Å². The van der Waals surface area contributed by atoms with Crippen molar-refractivity contribution in [2.75, 3.05) is 0 Å². The summed E-state index contributed by atoms with van der Waals surface area (Å²) in [6.45, 7) is 0. The third kappa shape index (κ3) is 1.53. The molecule has 0 aliphatic heterocycles. The van der Waals surface area contributed by atoms with Crippen LogP contribution < -0.4 is 5.73 Å². The highest BCUT2D eigenvalue weighted by atomic mass is 16.1. The quantitative estimate of drug-likeness (QED) is 0.873. The van der Waals surface area contributed by atoms with Crippen molar-refractivity contribution in [3.05, 3.63) is 71.3 Å². The van der Waals surface area contributed by atoms with Crippen molar-refractivity contribution in [3.63, 3.8) is 0 Å². The summed E-state index contributed by atoms with van der Waals surface area (Å²) in [5.41, 5.74) is 8.65. The number of rotatable bonds is 3. The van der Waals surface area contributed by atoms with Gasteiger partial charge in [-0.25, -0.2) is 0 Å². The number of amides is 1. The van der Waals surface area contributed by atoms with Crippen LogP contribution in [-0.4, -0.2) is 5.91 Å². The summed E-state index contributed by atoms with van der Waals surface area (Å²) in [7, 11) is 0. The van der Waals surface area contributed by atoms with Crippen molar-refractivity contribution < 1.29 is 4.79 Å². The van der Waals surface area contributed by atoms with Crippen LogP contribution in [0.5, 0.6) is 0 Å². The van der Waals surface area contributed by atoms with Crippen molar-refractivity contribution in [3.8, 4) is 0 Å². The van der Waals surface area contributed by atoms with E-state index in [1.165, 1.54) is 5.56 Å². The summed E-state index contributed by atoms with van der Waals surface area (Å²) in [6.07, 6.45) is 1.45. The molecule has 2 heteroatoms. The van der Waals surface area contributed by atoms with Gasteiger partial charge in [0, 0.05) is 0 Å². The van der Waals surface area contributed by atoms with Crippen LogP contribution >= 0.6 is 0 Å². The molecule has 0 bridgehead atoms. The van der Waals surface area contributed by atoms with E-state index in [-0.39, 0.29) is 5.91 Å². The number of hydrogen-bond donors (Lipinski definition) is 1. The number of fused-ring (bicyclic) bond motifs is 1. The molecule has 2 N–H and O–H groups in total. The summed E-state index contributed by atoms with van der Waals surface area (Å²) in [6, 6.07) is 18.1. The number of carbonyl (C=O) groups excluding carboxylic acids is 1. The van der Waals surface area contributed by atoms with E-state index in [4.69, 9.17) is 5.73 Å². The van der Waals surface area contributed by atoms with E-state index in [1.807, 2.05) is 48.5 Å². The molecule has 2 aromatic rings. The second kappa shape index (κ2) is 3.98. The number of benzene rings is 2. The van der Waals surface area contributed by atoms with Crippen molar-refractivity contribution in [1.29, 1.82) is 0 Å². The van der Waals surface area contributed by atoms with Crippen molar-refractivity contribution >= 4 is 5.91 Å². The molecule has 1 atom stereocenters. The molecule has 3 rings (SSSR count). The van der Waals surface area contributed by atoms with Crippen LogP contribution in [0.2, 0.25) is 0 Å². The fourth-order valence-electron chi connectivity index (χ4n) is 2.86. The summed E-state index contributed by atoms with van der Waals surface area (Å²) in [5, 5.41) is 0. The minimum Gasteiger partial charge on any atom is -0.369 e. The molecule has 0 saturated carbocycles. The lowest BCUT2D eigenvalue weighted by atomic mass is 9.60. The second-order valence-electron chi connectivity index (χ2n) is 4.94. The molecule has 0 radical (unpaired) electrons. The number of nitrogens with two attached hydrogens (primary N) is 1. The smallest absolute Gasteiger partial charge is 0.228 e. The third-order valence-electron chi connectivity index (χ3n) is 3.85. The zero-order valence-corrected chi connectivity index (χ0v) is 10.1. The normalized spacial score (nSPS) is 20.9. The fraction of sp³-hybridized carbons (Fsp3) is 0.188. The largest absolute Gasteiger partial charge is 0.369 e. The highest BCUT2D eigenvalue weighted by Crippen LogP contribution is 2.43. The Kier molecular flexibility index (Phi) is 2.44. The van der Waals surface area contributed by atoms with E-state index in [0.29, 0.717) is 6.42 Å². The third-order valence-corrected chi connectivity index (χ3v) is 3.85. The SMILES string of the molecule is NC(=O)[C@@]1(Cc2ccccc2)Cc2ccccc21. The van der Waals surface area contributed by atoms with E-state index >= 15 is 0 Å². The van der Waals surface area contributed by atoms with Gasteiger partial charge in [0.05, 0.1) is 5.41 Å². The van der Waals surface area contributed by atoms with Gasteiger partial charge in [-0.3, -0.25) is 4.79 Å². The molecular formula is C16H15NO. The molecule has 0 heterocycles. The first-order valence-electron chi connectivity index (χ1n) is 6.15. The first-order chi connectivity index (χ1) is 8.72. The minimum atomic E-state index is -0.502. The van der Waals surface area contributed by atoms with E-state index in [2.05, 4.69) is 6.07 Å². The molecule has 0 fully saturated rings. The lowest BCUT2D eigenvalue weighted by Crippen LogP contribution is -2.51. The van der Waals surface area contributed by atoms with Gasteiger partial charge in [-0.1, -0.05) is 54.6 Å². The van der Waals surface area contributed by atoms with Crippen molar-refractivity contribution in [1.82, 2.24) is 0 Å². The molecule has 1 aliphatic rings. The monoisotopic (exact) mass is 237 g/mol.